The molecule has 6 nitrogen and oxygen atoms in total. The van der Waals surface area contributed by atoms with Crippen LogP contribution in [0.3, 0.4) is 0 Å². The Morgan fingerprint density at radius 3 is 2.43 bits per heavy atom. The number of ether oxygens (including phenoxy) is 1. The molecule has 0 aromatic carbocycles. The van der Waals surface area contributed by atoms with Gasteiger partial charge in [0.1, 0.15) is 6.54 Å². The highest BCUT2D eigenvalue weighted by atomic mass is 16.5. The van der Waals surface area contributed by atoms with Crippen molar-refractivity contribution in [2.75, 3.05) is 19.8 Å². The smallest absolute Gasteiger partial charge is 0.323 e. The van der Waals surface area contributed by atoms with Crippen LogP contribution in [0, 0.1) is 5.92 Å². The number of hydrogen-bond donors (Lipinski definition) is 2. The van der Waals surface area contributed by atoms with Gasteiger partial charge in [-0.25, -0.2) is 4.79 Å². The van der Waals surface area contributed by atoms with E-state index in [2.05, 4.69) is 5.32 Å². The van der Waals surface area contributed by atoms with Crippen LogP contribution in [0.1, 0.15) is 46.5 Å². The average Bonchev–Trinajstić information content (AvgIpc) is 2.93. The van der Waals surface area contributed by atoms with Crippen molar-refractivity contribution in [3.05, 3.63) is 0 Å². The number of carboxylic acid groups (broad SMARTS) is 1. The van der Waals surface area contributed by atoms with Crippen molar-refractivity contribution in [2.24, 2.45) is 5.92 Å². The van der Waals surface area contributed by atoms with Gasteiger partial charge < -0.3 is 20.1 Å². The highest BCUT2D eigenvalue weighted by Crippen LogP contribution is 2.23. The van der Waals surface area contributed by atoms with Crippen molar-refractivity contribution in [1.29, 1.82) is 0 Å². The molecule has 2 N–H and O–H groups in total. The third-order valence-electron chi connectivity index (χ3n) is 3.95. The lowest BCUT2D eigenvalue weighted by atomic mass is 10.1. The number of nitrogens with one attached hydrogen (secondary N) is 1. The average molecular weight is 300 g/mol. The highest BCUT2D eigenvalue weighted by molar-refractivity contribution is 5.80. The molecule has 2 amide bonds. The van der Waals surface area contributed by atoms with Gasteiger partial charge in [-0.05, 0) is 25.7 Å². The van der Waals surface area contributed by atoms with Gasteiger partial charge in [0.15, 0.2) is 0 Å². The monoisotopic (exact) mass is 300 g/mol. The topological polar surface area (TPSA) is 78.9 Å². The Morgan fingerprint density at radius 2 is 1.95 bits per heavy atom. The molecule has 0 aliphatic heterocycles. The Labute approximate surface area is 126 Å². The van der Waals surface area contributed by atoms with E-state index in [1.165, 1.54) is 4.90 Å². The molecule has 6 heteroatoms. The van der Waals surface area contributed by atoms with E-state index in [-0.39, 0.29) is 30.6 Å². The minimum absolute atomic E-state index is 0.0426. The number of urea groups is 1. The predicted molar refractivity (Wildman–Crippen MR) is 80.2 cm³/mol. The Morgan fingerprint density at radius 1 is 1.33 bits per heavy atom. The first-order chi connectivity index (χ1) is 9.95. The number of carbonyl (C=O) groups excluding carboxylic acids is 1. The fourth-order valence-corrected chi connectivity index (χ4v) is 2.62. The molecule has 1 aliphatic carbocycles. The second-order valence-electron chi connectivity index (χ2n) is 5.92. The maximum atomic E-state index is 12.4. The molecule has 0 radical (unpaired) electrons. The molecule has 0 heterocycles. The van der Waals surface area contributed by atoms with Gasteiger partial charge in [0.05, 0.1) is 12.6 Å². The van der Waals surface area contributed by atoms with Crippen molar-refractivity contribution in [3.63, 3.8) is 0 Å². The molecule has 21 heavy (non-hydrogen) atoms. The summed E-state index contributed by atoms with van der Waals surface area (Å²) >= 11 is 0. The fourth-order valence-electron chi connectivity index (χ4n) is 2.62. The van der Waals surface area contributed by atoms with Crippen LogP contribution in [-0.2, 0) is 9.53 Å². The summed E-state index contributed by atoms with van der Waals surface area (Å²) in [5, 5.41) is 12.0. The Kier molecular flexibility index (Phi) is 7.50. The lowest BCUT2D eigenvalue weighted by molar-refractivity contribution is -0.138. The molecule has 0 aromatic heterocycles. The molecule has 1 unspecified atom stereocenters. The Bertz CT molecular complexity index is 341. The summed E-state index contributed by atoms with van der Waals surface area (Å²) in [6.07, 6.45) is 3.89. The molecular formula is C15H28N2O4. The minimum atomic E-state index is -0.969. The third-order valence-corrected chi connectivity index (χ3v) is 3.95. The first kappa shape index (κ1) is 17.8. The van der Waals surface area contributed by atoms with Gasteiger partial charge in [0.25, 0.3) is 0 Å². The number of nitrogens with zero attached hydrogens (tertiary/aromatic N) is 1. The summed E-state index contributed by atoms with van der Waals surface area (Å²) in [5.41, 5.74) is 0. The molecule has 0 bridgehead atoms. The van der Waals surface area contributed by atoms with E-state index >= 15 is 0 Å². The van der Waals surface area contributed by atoms with Gasteiger partial charge in [-0.3, -0.25) is 4.79 Å². The normalized spacial score (nSPS) is 17.0. The number of hydrogen-bond acceptors (Lipinski definition) is 3. The Hall–Kier alpha value is -1.30. The second kappa shape index (κ2) is 8.87. The highest BCUT2D eigenvalue weighted by Gasteiger charge is 2.30. The second-order valence-corrected chi connectivity index (χ2v) is 5.92. The SMILES string of the molecule is CCOCC(NC(=O)N(CC(=O)O)C1CCCC1)C(C)C. The molecule has 1 aliphatic rings. The summed E-state index contributed by atoms with van der Waals surface area (Å²) < 4.78 is 5.39. The van der Waals surface area contributed by atoms with Crippen molar-refractivity contribution < 1.29 is 19.4 Å². The lowest BCUT2D eigenvalue weighted by Gasteiger charge is -2.31. The zero-order chi connectivity index (χ0) is 15.8. The molecule has 0 saturated heterocycles. The van der Waals surface area contributed by atoms with Crippen LogP contribution in [0.4, 0.5) is 4.79 Å². The van der Waals surface area contributed by atoms with Gasteiger partial charge in [0, 0.05) is 12.6 Å². The summed E-state index contributed by atoms with van der Waals surface area (Å²) in [4.78, 5) is 24.9. The summed E-state index contributed by atoms with van der Waals surface area (Å²) in [7, 11) is 0. The minimum Gasteiger partial charge on any atom is -0.480 e. The molecule has 1 rings (SSSR count). The van der Waals surface area contributed by atoms with Crippen LogP contribution in [0.2, 0.25) is 0 Å². The van der Waals surface area contributed by atoms with Gasteiger partial charge in [-0.2, -0.15) is 0 Å². The van der Waals surface area contributed by atoms with Gasteiger partial charge in [0.2, 0.25) is 0 Å². The van der Waals surface area contributed by atoms with E-state index in [1.807, 2.05) is 20.8 Å². The first-order valence-electron chi connectivity index (χ1n) is 7.82. The van der Waals surface area contributed by atoms with Crippen LogP contribution in [-0.4, -0.2) is 53.8 Å². The number of aliphatic carboxylic acids is 1. The van der Waals surface area contributed by atoms with Gasteiger partial charge in [-0.1, -0.05) is 26.7 Å². The van der Waals surface area contributed by atoms with Crippen LogP contribution in [0.25, 0.3) is 0 Å². The van der Waals surface area contributed by atoms with Crippen LogP contribution < -0.4 is 5.32 Å². The molecule has 0 spiro atoms. The molecule has 0 aromatic rings. The number of rotatable bonds is 8. The quantitative estimate of drug-likeness (QED) is 0.719. The summed E-state index contributed by atoms with van der Waals surface area (Å²) in [5.74, 6) is -0.737. The van der Waals surface area contributed by atoms with E-state index in [0.717, 1.165) is 25.7 Å². The molecule has 1 fully saturated rings. The number of carboxylic acids is 1. The number of carbonyl (C=O) groups is 2. The standard InChI is InChI=1S/C15H28N2O4/c1-4-21-10-13(11(2)3)16-15(20)17(9-14(18)19)12-7-5-6-8-12/h11-13H,4-10H2,1-3H3,(H,16,20)(H,18,19). The maximum Gasteiger partial charge on any atom is 0.323 e. The molecule has 1 saturated carbocycles. The van der Waals surface area contributed by atoms with E-state index < -0.39 is 5.97 Å². The third kappa shape index (κ3) is 5.91. The van der Waals surface area contributed by atoms with E-state index in [0.29, 0.717) is 13.2 Å². The molecule has 122 valence electrons. The van der Waals surface area contributed by atoms with Crippen molar-refractivity contribution in [2.45, 2.75) is 58.5 Å². The van der Waals surface area contributed by atoms with Gasteiger partial charge >= 0.3 is 12.0 Å². The maximum absolute atomic E-state index is 12.4. The lowest BCUT2D eigenvalue weighted by Crippen LogP contribution is -2.52. The largest absolute Gasteiger partial charge is 0.480 e. The van der Waals surface area contributed by atoms with E-state index in [9.17, 15) is 9.59 Å². The zero-order valence-electron chi connectivity index (χ0n) is 13.3. The summed E-state index contributed by atoms with van der Waals surface area (Å²) in [6, 6.07) is -0.348. The summed E-state index contributed by atoms with van der Waals surface area (Å²) in [6.45, 7) is 6.75. The zero-order valence-corrected chi connectivity index (χ0v) is 13.3. The van der Waals surface area contributed by atoms with Gasteiger partial charge in [-0.15, -0.1) is 0 Å². The Balaban J connectivity index is 2.66. The van der Waals surface area contributed by atoms with E-state index in [1.54, 1.807) is 0 Å². The van der Waals surface area contributed by atoms with Crippen molar-refractivity contribution in [1.82, 2.24) is 10.2 Å². The van der Waals surface area contributed by atoms with Crippen molar-refractivity contribution >= 4 is 12.0 Å². The predicted octanol–water partition coefficient (Wildman–Crippen LogP) is 2.09. The van der Waals surface area contributed by atoms with Crippen LogP contribution >= 0.6 is 0 Å². The first-order valence-corrected chi connectivity index (χ1v) is 7.82. The number of amides is 2. The fraction of sp³-hybridized carbons (Fsp3) is 0.867. The van der Waals surface area contributed by atoms with E-state index in [4.69, 9.17) is 9.84 Å². The molecule has 1 atom stereocenters. The van der Waals surface area contributed by atoms with Crippen LogP contribution in [0.5, 0.6) is 0 Å². The van der Waals surface area contributed by atoms with Crippen LogP contribution in [0.15, 0.2) is 0 Å². The molecular weight excluding hydrogens is 272 g/mol. The van der Waals surface area contributed by atoms with Crippen molar-refractivity contribution in [3.8, 4) is 0 Å².